The summed E-state index contributed by atoms with van der Waals surface area (Å²) in [6.45, 7) is 0.118. The molecule has 140 valence electrons. The number of carbonyl (C=O) groups is 2. The Kier molecular flexibility index (Phi) is 4.50. The summed E-state index contributed by atoms with van der Waals surface area (Å²) in [5, 5.41) is 16.4. The molecule has 0 saturated heterocycles. The first-order valence-electron chi connectivity index (χ1n) is 8.18. The lowest BCUT2D eigenvalue weighted by Crippen LogP contribution is -2.23. The van der Waals surface area contributed by atoms with E-state index in [-0.39, 0.29) is 23.8 Å². The third-order valence-electron chi connectivity index (χ3n) is 3.98. The molecule has 0 bridgehead atoms. The summed E-state index contributed by atoms with van der Waals surface area (Å²) in [5.74, 6) is -0.607. The van der Waals surface area contributed by atoms with Gasteiger partial charge in [-0.05, 0) is 42.5 Å². The molecule has 0 aliphatic carbocycles. The second kappa shape index (κ2) is 7.27. The molecule has 0 aliphatic rings. The number of nitrogens with one attached hydrogen (secondary N) is 3. The monoisotopic (exact) mass is 380 g/mol. The van der Waals surface area contributed by atoms with Crippen LogP contribution in [0.5, 0.6) is 0 Å². The van der Waals surface area contributed by atoms with Gasteiger partial charge in [-0.3, -0.25) is 14.7 Å². The van der Waals surface area contributed by atoms with Crippen molar-refractivity contribution in [2.45, 2.75) is 6.54 Å². The van der Waals surface area contributed by atoms with Gasteiger partial charge in [0.1, 0.15) is 5.82 Å². The van der Waals surface area contributed by atoms with E-state index in [1.54, 1.807) is 18.2 Å². The van der Waals surface area contributed by atoms with Crippen molar-refractivity contribution in [2.24, 2.45) is 0 Å². The van der Waals surface area contributed by atoms with Crippen molar-refractivity contribution in [3.8, 4) is 0 Å². The minimum atomic E-state index is -0.444. The van der Waals surface area contributed by atoms with E-state index in [4.69, 9.17) is 0 Å². The SMILES string of the molecule is O=C(NCc1ncon1)c1ccc2[nH]nc(NC(=O)c3ccc(F)cc3)c2c1. The van der Waals surface area contributed by atoms with Crippen molar-refractivity contribution < 1.29 is 18.5 Å². The molecule has 28 heavy (non-hydrogen) atoms. The minimum absolute atomic E-state index is 0.118. The molecule has 4 aromatic rings. The van der Waals surface area contributed by atoms with E-state index in [0.717, 1.165) is 0 Å². The first-order chi connectivity index (χ1) is 13.6. The third-order valence-corrected chi connectivity index (χ3v) is 3.98. The quantitative estimate of drug-likeness (QED) is 0.488. The number of nitrogens with zero attached hydrogens (tertiary/aromatic N) is 3. The smallest absolute Gasteiger partial charge is 0.256 e. The summed E-state index contributed by atoms with van der Waals surface area (Å²) in [6.07, 6.45) is 1.18. The Labute approximate surface area is 156 Å². The van der Waals surface area contributed by atoms with E-state index in [0.29, 0.717) is 22.3 Å². The molecule has 9 nitrogen and oxygen atoms in total. The zero-order valence-electron chi connectivity index (χ0n) is 14.3. The lowest BCUT2D eigenvalue weighted by Gasteiger charge is -2.05. The molecule has 3 N–H and O–H groups in total. The molecule has 2 aromatic carbocycles. The van der Waals surface area contributed by atoms with Crippen molar-refractivity contribution >= 4 is 28.5 Å². The predicted octanol–water partition coefficient (Wildman–Crippen LogP) is 2.27. The molecule has 0 saturated carbocycles. The Hall–Kier alpha value is -4.08. The average molecular weight is 380 g/mol. The average Bonchev–Trinajstić information content (AvgIpc) is 3.36. The van der Waals surface area contributed by atoms with Crippen molar-refractivity contribution in [2.75, 3.05) is 5.32 Å². The van der Waals surface area contributed by atoms with Crippen LogP contribution in [0.1, 0.15) is 26.5 Å². The number of rotatable bonds is 5. The number of hydrogen-bond donors (Lipinski definition) is 3. The van der Waals surface area contributed by atoms with E-state index in [1.807, 2.05) is 0 Å². The van der Waals surface area contributed by atoms with E-state index in [9.17, 15) is 14.0 Å². The summed E-state index contributed by atoms with van der Waals surface area (Å²) in [7, 11) is 0. The molecular formula is C18H13FN6O3. The first-order valence-corrected chi connectivity index (χ1v) is 8.18. The molecule has 0 atom stereocenters. The molecule has 0 fully saturated rings. The van der Waals surface area contributed by atoms with Crippen molar-refractivity contribution in [1.29, 1.82) is 0 Å². The van der Waals surface area contributed by atoms with Crippen molar-refractivity contribution in [3.63, 3.8) is 0 Å². The maximum Gasteiger partial charge on any atom is 0.256 e. The first kappa shape index (κ1) is 17.3. The van der Waals surface area contributed by atoms with Crippen LogP contribution in [0.2, 0.25) is 0 Å². The summed E-state index contributed by atoms with van der Waals surface area (Å²) in [5.41, 5.74) is 1.30. The van der Waals surface area contributed by atoms with Crippen LogP contribution >= 0.6 is 0 Å². The number of benzene rings is 2. The number of halogens is 1. The van der Waals surface area contributed by atoms with Crippen LogP contribution in [0, 0.1) is 5.82 Å². The number of carbonyl (C=O) groups excluding carboxylic acids is 2. The number of aromatic nitrogens is 4. The Balaban J connectivity index is 1.53. The molecular weight excluding hydrogens is 367 g/mol. The molecule has 0 spiro atoms. The van der Waals surface area contributed by atoms with E-state index < -0.39 is 11.7 Å². The van der Waals surface area contributed by atoms with Gasteiger partial charge in [-0.25, -0.2) is 4.39 Å². The standard InChI is InChI=1S/C18H13FN6O3/c19-12-4-1-10(2-5-12)18(27)22-16-13-7-11(3-6-14(13)23-24-16)17(26)20-8-15-21-9-28-25-15/h1-7,9H,8H2,(H,20,26)(H2,22,23,24,27). The molecule has 4 rings (SSSR count). The lowest BCUT2D eigenvalue weighted by molar-refractivity contribution is 0.0949. The molecule has 2 heterocycles. The molecule has 0 radical (unpaired) electrons. The highest BCUT2D eigenvalue weighted by Crippen LogP contribution is 2.22. The van der Waals surface area contributed by atoms with Gasteiger partial charge in [0.25, 0.3) is 11.8 Å². The predicted molar refractivity (Wildman–Crippen MR) is 95.9 cm³/mol. The van der Waals surface area contributed by atoms with Crippen LogP contribution in [0.3, 0.4) is 0 Å². The topological polar surface area (TPSA) is 126 Å². The maximum atomic E-state index is 13.0. The molecule has 10 heteroatoms. The normalized spacial score (nSPS) is 10.8. The lowest BCUT2D eigenvalue weighted by atomic mass is 10.1. The van der Waals surface area contributed by atoms with Crippen LogP contribution in [-0.4, -0.2) is 32.2 Å². The van der Waals surface area contributed by atoms with Crippen molar-refractivity contribution in [3.05, 3.63) is 71.6 Å². The van der Waals surface area contributed by atoms with Gasteiger partial charge in [-0.2, -0.15) is 10.1 Å². The maximum absolute atomic E-state index is 13.0. The number of anilines is 1. The van der Waals surface area contributed by atoms with Crippen LogP contribution in [0.4, 0.5) is 10.2 Å². The van der Waals surface area contributed by atoms with Gasteiger partial charge in [0.15, 0.2) is 11.6 Å². The van der Waals surface area contributed by atoms with Crippen molar-refractivity contribution in [1.82, 2.24) is 25.7 Å². The highest BCUT2D eigenvalue weighted by molar-refractivity contribution is 6.09. The number of amides is 2. The van der Waals surface area contributed by atoms with Gasteiger partial charge in [-0.15, -0.1) is 0 Å². The largest absolute Gasteiger partial charge is 0.345 e. The van der Waals surface area contributed by atoms with E-state index in [2.05, 4.69) is 35.5 Å². The summed E-state index contributed by atoms with van der Waals surface area (Å²) in [4.78, 5) is 28.5. The van der Waals surface area contributed by atoms with Crippen LogP contribution in [0.25, 0.3) is 10.9 Å². The molecule has 2 aromatic heterocycles. The second-order valence-corrected chi connectivity index (χ2v) is 5.82. The van der Waals surface area contributed by atoms with E-state index in [1.165, 1.54) is 30.7 Å². The number of fused-ring (bicyclic) bond motifs is 1. The number of H-pyrrole nitrogens is 1. The molecule has 2 amide bonds. The van der Waals surface area contributed by atoms with E-state index >= 15 is 0 Å². The Bertz CT molecular complexity index is 1140. The zero-order chi connectivity index (χ0) is 19.5. The zero-order valence-corrected chi connectivity index (χ0v) is 14.3. The van der Waals surface area contributed by atoms with Gasteiger partial charge in [0, 0.05) is 16.5 Å². The Morgan fingerprint density at radius 3 is 2.61 bits per heavy atom. The Morgan fingerprint density at radius 1 is 1.07 bits per heavy atom. The highest BCUT2D eigenvalue weighted by atomic mass is 19.1. The molecule has 0 unspecified atom stereocenters. The summed E-state index contributed by atoms with van der Waals surface area (Å²) < 4.78 is 17.6. The summed E-state index contributed by atoms with van der Waals surface area (Å²) in [6, 6.07) is 10.0. The van der Waals surface area contributed by atoms with Crippen LogP contribution < -0.4 is 10.6 Å². The fourth-order valence-corrected chi connectivity index (χ4v) is 2.56. The number of aromatic amines is 1. The van der Waals surface area contributed by atoms with Gasteiger partial charge < -0.3 is 15.2 Å². The third kappa shape index (κ3) is 3.56. The fraction of sp³-hybridized carbons (Fsp3) is 0.0556. The minimum Gasteiger partial charge on any atom is -0.345 e. The van der Waals surface area contributed by atoms with Crippen LogP contribution in [0.15, 0.2) is 53.4 Å². The van der Waals surface area contributed by atoms with Gasteiger partial charge in [0.05, 0.1) is 12.1 Å². The van der Waals surface area contributed by atoms with Gasteiger partial charge in [0.2, 0.25) is 6.39 Å². The van der Waals surface area contributed by atoms with Crippen LogP contribution in [-0.2, 0) is 6.54 Å². The van der Waals surface area contributed by atoms with Gasteiger partial charge >= 0.3 is 0 Å². The fourth-order valence-electron chi connectivity index (χ4n) is 2.56. The highest BCUT2D eigenvalue weighted by Gasteiger charge is 2.14. The van der Waals surface area contributed by atoms with Gasteiger partial charge in [-0.1, -0.05) is 5.16 Å². The number of hydrogen-bond acceptors (Lipinski definition) is 6. The summed E-state index contributed by atoms with van der Waals surface area (Å²) >= 11 is 0. The molecule has 0 aliphatic heterocycles. The Morgan fingerprint density at radius 2 is 1.86 bits per heavy atom. The second-order valence-electron chi connectivity index (χ2n) is 5.82.